The molecule has 1 fully saturated rings. The maximum absolute atomic E-state index is 12.0. The Hall–Kier alpha value is -2.01. The third-order valence-corrected chi connectivity index (χ3v) is 3.88. The first kappa shape index (κ1) is 15.4. The maximum atomic E-state index is 12.0. The largest absolute Gasteiger partial charge is 0.506 e. The van der Waals surface area contributed by atoms with E-state index in [0.717, 1.165) is 31.9 Å². The number of hydrogen-bond acceptors (Lipinski definition) is 4. The van der Waals surface area contributed by atoms with Crippen LogP contribution in [0.4, 0.5) is 5.69 Å². The molecule has 0 spiro atoms. The Morgan fingerprint density at radius 2 is 2.05 bits per heavy atom. The van der Waals surface area contributed by atoms with Crippen molar-refractivity contribution >= 4 is 11.6 Å². The molecule has 5 nitrogen and oxygen atoms in total. The fraction of sp³-hybridized carbons (Fsp3) is 0.438. The van der Waals surface area contributed by atoms with Crippen molar-refractivity contribution in [2.24, 2.45) is 0 Å². The molecule has 5 heteroatoms. The summed E-state index contributed by atoms with van der Waals surface area (Å²) >= 11 is 0. The number of amides is 1. The Kier molecular flexibility index (Phi) is 5.22. The minimum Gasteiger partial charge on any atom is -0.506 e. The summed E-state index contributed by atoms with van der Waals surface area (Å²) in [5.41, 5.74) is 0.862. The third kappa shape index (κ3) is 3.76. The molecular weight excluding hydrogens is 266 g/mol. The second-order valence-corrected chi connectivity index (χ2v) is 5.22. The van der Waals surface area contributed by atoms with Gasteiger partial charge < -0.3 is 15.3 Å². The molecule has 0 saturated carbocycles. The fourth-order valence-corrected chi connectivity index (χ4v) is 2.57. The van der Waals surface area contributed by atoms with Gasteiger partial charge in [-0.25, -0.2) is 0 Å². The van der Waals surface area contributed by atoms with E-state index in [-0.39, 0.29) is 11.9 Å². The van der Waals surface area contributed by atoms with Gasteiger partial charge in [-0.1, -0.05) is 18.2 Å². The number of para-hydroxylation sites is 2. The average Bonchev–Trinajstić information content (AvgIpc) is 2.52. The molecule has 0 bridgehead atoms. The first-order valence-corrected chi connectivity index (χ1v) is 7.29. The van der Waals surface area contributed by atoms with Crippen LogP contribution < -0.4 is 10.2 Å². The monoisotopic (exact) mass is 289 g/mol. The number of phenolic OH excluding ortho intramolecular Hbond substituents is 1. The predicted octanol–water partition coefficient (Wildman–Crippen LogP) is 1.20. The van der Waals surface area contributed by atoms with Crippen molar-refractivity contribution in [1.82, 2.24) is 10.2 Å². The lowest BCUT2D eigenvalue weighted by atomic mass is 10.2. The zero-order valence-corrected chi connectivity index (χ0v) is 12.5. The molecule has 1 saturated heterocycles. The van der Waals surface area contributed by atoms with Crippen LogP contribution >= 0.6 is 0 Å². The smallest absolute Gasteiger partial charge is 0.237 e. The van der Waals surface area contributed by atoms with Gasteiger partial charge in [-0.15, -0.1) is 6.58 Å². The van der Waals surface area contributed by atoms with Crippen molar-refractivity contribution in [2.75, 3.05) is 37.6 Å². The van der Waals surface area contributed by atoms with Gasteiger partial charge in [-0.3, -0.25) is 9.69 Å². The van der Waals surface area contributed by atoms with E-state index in [1.165, 1.54) is 0 Å². The van der Waals surface area contributed by atoms with Crippen LogP contribution in [0.3, 0.4) is 0 Å². The highest BCUT2D eigenvalue weighted by atomic mass is 16.3. The van der Waals surface area contributed by atoms with Crippen LogP contribution in [0.5, 0.6) is 5.75 Å². The first-order valence-electron chi connectivity index (χ1n) is 7.29. The van der Waals surface area contributed by atoms with Crippen molar-refractivity contribution in [1.29, 1.82) is 0 Å². The Balaban J connectivity index is 1.90. The highest BCUT2D eigenvalue weighted by Gasteiger charge is 2.25. The van der Waals surface area contributed by atoms with E-state index in [4.69, 9.17) is 0 Å². The molecule has 1 aliphatic heterocycles. The number of hydrogen-bond donors (Lipinski definition) is 2. The molecular formula is C16H23N3O2. The molecule has 1 aromatic rings. The Labute approximate surface area is 125 Å². The first-order chi connectivity index (χ1) is 10.1. The molecule has 1 amide bonds. The predicted molar refractivity (Wildman–Crippen MR) is 84.6 cm³/mol. The lowest BCUT2D eigenvalue weighted by Gasteiger charge is -2.38. The molecule has 1 heterocycles. The van der Waals surface area contributed by atoms with Crippen molar-refractivity contribution in [3.05, 3.63) is 36.9 Å². The zero-order chi connectivity index (χ0) is 15.2. The van der Waals surface area contributed by atoms with Gasteiger partial charge in [-0.2, -0.15) is 0 Å². The van der Waals surface area contributed by atoms with Gasteiger partial charge in [-0.05, 0) is 19.1 Å². The van der Waals surface area contributed by atoms with Crippen LogP contribution in [0.1, 0.15) is 6.92 Å². The number of benzene rings is 1. The second kappa shape index (κ2) is 7.13. The van der Waals surface area contributed by atoms with Crippen LogP contribution in [0.15, 0.2) is 36.9 Å². The summed E-state index contributed by atoms with van der Waals surface area (Å²) in [4.78, 5) is 16.3. The number of carbonyl (C=O) groups is 1. The normalized spacial score (nSPS) is 17.3. The summed E-state index contributed by atoms with van der Waals surface area (Å²) < 4.78 is 0. The molecule has 1 aromatic carbocycles. The zero-order valence-electron chi connectivity index (χ0n) is 12.5. The molecule has 1 atom stereocenters. The van der Waals surface area contributed by atoms with Crippen LogP contribution in [-0.4, -0.2) is 54.7 Å². The average molecular weight is 289 g/mol. The molecule has 0 aliphatic carbocycles. The van der Waals surface area contributed by atoms with Crippen LogP contribution in [0.25, 0.3) is 0 Å². The number of nitrogens with one attached hydrogen (secondary N) is 1. The Morgan fingerprint density at radius 1 is 1.38 bits per heavy atom. The second-order valence-electron chi connectivity index (χ2n) is 5.22. The van der Waals surface area contributed by atoms with Gasteiger partial charge in [0.15, 0.2) is 0 Å². The van der Waals surface area contributed by atoms with E-state index in [0.29, 0.717) is 12.3 Å². The van der Waals surface area contributed by atoms with Crippen LogP contribution in [-0.2, 0) is 4.79 Å². The lowest BCUT2D eigenvalue weighted by molar-refractivity contribution is -0.125. The van der Waals surface area contributed by atoms with Gasteiger partial charge in [0.25, 0.3) is 0 Å². The van der Waals surface area contributed by atoms with Gasteiger partial charge in [0.05, 0.1) is 11.7 Å². The highest BCUT2D eigenvalue weighted by molar-refractivity contribution is 5.81. The number of carbonyl (C=O) groups excluding carboxylic acids is 1. The highest BCUT2D eigenvalue weighted by Crippen LogP contribution is 2.27. The number of phenols is 1. The molecule has 2 rings (SSSR count). The molecule has 2 N–H and O–H groups in total. The lowest BCUT2D eigenvalue weighted by Crippen LogP contribution is -2.54. The number of nitrogens with zero attached hydrogens (tertiary/aromatic N) is 2. The third-order valence-electron chi connectivity index (χ3n) is 3.88. The van der Waals surface area contributed by atoms with Gasteiger partial charge >= 0.3 is 0 Å². The van der Waals surface area contributed by atoms with Crippen molar-refractivity contribution in [3.8, 4) is 5.75 Å². The van der Waals surface area contributed by atoms with E-state index < -0.39 is 0 Å². The summed E-state index contributed by atoms with van der Waals surface area (Å²) in [5.74, 6) is 0.341. The van der Waals surface area contributed by atoms with Crippen LogP contribution in [0, 0.1) is 0 Å². The summed E-state index contributed by atoms with van der Waals surface area (Å²) in [5, 5.41) is 12.7. The molecule has 0 aromatic heterocycles. The minimum atomic E-state index is -0.142. The van der Waals surface area contributed by atoms with E-state index in [2.05, 4.69) is 21.7 Å². The summed E-state index contributed by atoms with van der Waals surface area (Å²) in [7, 11) is 0. The standard InChI is InChI=1S/C16H23N3O2/c1-3-8-17-16(21)13(2)18-9-11-19(12-10-18)14-6-4-5-7-15(14)20/h3-7,13,20H,1,8-12H2,2H3,(H,17,21)/t13-/m1/s1. The molecule has 114 valence electrons. The minimum absolute atomic E-state index is 0.0332. The quantitative estimate of drug-likeness (QED) is 0.800. The van der Waals surface area contributed by atoms with Gasteiger partial charge in [0.1, 0.15) is 5.75 Å². The van der Waals surface area contributed by atoms with Gasteiger partial charge in [0, 0.05) is 32.7 Å². The van der Waals surface area contributed by atoms with Crippen molar-refractivity contribution in [2.45, 2.75) is 13.0 Å². The maximum Gasteiger partial charge on any atom is 0.237 e. The fourth-order valence-electron chi connectivity index (χ4n) is 2.57. The molecule has 0 radical (unpaired) electrons. The number of rotatable bonds is 5. The van der Waals surface area contributed by atoms with E-state index in [1.54, 1.807) is 12.1 Å². The molecule has 1 aliphatic rings. The van der Waals surface area contributed by atoms with E-state index in [9.17, 15) is 9.90 Å². The van der Waals surface area contributed by atoms with Crippen molar-refractivity contribution in [3.63, 3.8) is 0 Å². The Bertz CT molecular complexity index is 496. The van der Waals surface area contributed by atoms with E-state index >= 15 is 0 Å². The van der Waals surface area contributed by atoms with Crippen LogP contribution in [0.2, 0.25) is 0 Å². The topological polar surface area (TPSA) is 55.8 Å². The molecule has 21 heavy (non-hydrogen) atoms. The summed E-state index contributed by atoms with van der Waals surface area (Å²) in [6, 6.07) is 7.23. The van der Waals surface area contributed by atoms with Crippen molar-refractivity contribution < 1.29 is 9.90 Å². The summed E-state index contributed by atoms with van der Waals surface area (Å²) in [6.07, 6.45) is 1.68. The van der Waals surface area contributed by atoms with Gasteiger partial charge in [0.2, 0.25) is 5.91 Å². The number of aromatic hydroxyl groups is 1. The number of piperazine rings is 1. The summed E-state index contributed by atoms with van der Waals surface area (Å²) in [6.45, 7) is 9.23. The molecule has 0 unspecified atom stereocenters. The Morgan fingerprint density at radius 3 is 2.67 bits per heavy atom. The van der Waals surface area contributed by atoms with E-state index in [1.807, 2.05) is 25.1 Å². The SMILES string of the molecule is C=CCNC(=O)[C@@H](C)N1CCN(c2ccccc2O)CC1. The number of anilines is 1.